The first-order valence-electron chi connectivity index (χ1n) is 7.93. The van der Waals surface area contributed by atoms with Crippen LogP contribution < -0.4 is 5.32 Å². The summed E-state index contributed by atoms with van der Waals surface area (Å²) < 4.78 is 45.9. The smallest absolute Gasteiger partial charge is 0.257 e. The molecule has 3 rings (SSSR count). The van der Waals surface area contributed by atoms with Gasteiger partial charge in [0.15, 0.2) is 0 Å². The van der Waals surface area contributed by atoms with Crippen LogP contribution in [0.5, 0.6) is 0 Å². The van der Waals surface area contributed by atoms with Gasteiger partial charge in [-0.3, -0.25) is 4.79 Å². The number of anilines is 1. The normalized spacial score (nSPS) is 15.5. The lowest BCUT2D eigenvalue weighted by molar-refractivity contribution is 0.0730. The van der Waals surface area contributed by atoms with Crippen LogP contribution >= 0.6 is 23.2 Å². The van der Waals surface area contributed by atoms with Crippen molar-refractivity contribution in [1.29, 1.82) is 0 Å². The van der Waals surface area contributed by atoms with Crippen molar-refractivity contribution in [3.05, 3.63) is 57.8 Å². The summed E-state index contributed by atoms with van der Waals surface area (Å²) >= 11 is 12.2. The van der Waals surface area contributed by atoms with E-state index >= 15 is 0 Å². The molecule has 1 fully saturated rings. The Balaban J connectivity index is 1.96. The summed E-state index contributed by atoms with van der Waals surface area (Å²) in [5, 5.41) is 2.23. The quantitative estimate of drug-likeness (QED) is 0.802. The molecule has 10 heteroatoms. The minimum absolute atomic E-state index is 0.0465. The highest BCUT2D eigenvalue weighted by atomic mass is 35.5. The summed E-state index contributed by atoms with van der Waals surface area (Å²) in [7, 11) is -3.94. The summed E-state index contributed by atoms with van der Waals surface area (Å²) in [6.45, 7) is 0.895. The van der Waals surface area contributed by atoms with Gasteiger partial charge in [-0.1, -0.05) is 35.3 Å². The van der Waals surface area contributed by atoms with Gasteiger partial charge in [0.1, 0.15) is 10.7 Å². The Morgan fingerprint density at radius 2 is 1.78 bits per heavy atom. The monoisotopic (exact) mass is 432 g/mol. The number of rotatable bonds is 4. The standard InChI is InChI=1S/C17H15Cl2FN2O4S/c18-12-10-13(19)16(27(24,25)22-5-7-26-8-6-22)9-11(12)17(23)21-15-4-2-1-3-14(15)20/h1-4,9-10H,5-8H2,(H,21,23). The highest BCUT2D eigenvalue weighted by Gasteiger charge is 2.30. The van der Waals surface area contributed by atoms with Crippen LogP contribution in [0.1, 0.15) is 10.4 Å². The number of carbonyl (C=O) groups is 1. The molecular weight excluding hydrogens is 418 g/mol. The first kappa shape index (κ1) is 20.0. The van der Waals surface area contributed by atoms with E-state index in [1.807, 2.05) is 0 Å². The molecule has 0 spiro atoms. The zero-order valence-electron chi connectivity index (χ0n) is 13.9. The third kappa shape index (κ3) is 4.25. The average Bonchev–Trinajstić information content (AvgIpc) is 2.64. The number of para-hydroxylation sites is 1. The van der Waals surface area contributed by atoms with Crippen molar-refractivity contribution in [2.24, 2.45) is 0 Å². The van der Waals surface area contributed by atoms with Crippen LogP contribution in [-0.4, -0.2) is 44.9 Å². The molecule has 1 aliphatic heterocycles. The van der Waals surface area contributed by atoms with E-state index in [9.17, 15) is 17.6 Å². The van der Waals surface area contributed by atoms with Gasteiger partial charge in [-0.05, 0) is 24.3 Å². The number of amides is 1. The van der Waals surface area contributed by atoms with Crippen LogP contribution in [0.4, 0.5) is 10.1 Å². The minimum atomic E-state index is -3.94. The van der Waals surface area contributed by atoms with Crippen molar-refractivity contribution in [2.75, 3.05) is 31.6 Å². The van der Waals surface area contributed by atoms with Gasteiger partial charge < -0.3 is 10.1 Å². The van der Waals surface area contributed by atoms with Crippen LogP contribution in [-0.2, 0) is 14.8 Å². The Morgan fingerprint density at radius 3 is 2.44 bits per heavy atom. The SMILES string of the molecule is O=C(Nc1ccccc1F)c1cc(S(=O)(=O)N2CCOCC2)c(Cl)cc1Cl. The van der Waals surface area contributed by atoms with Gasteiger partial charge in [0.05, 0.1) is 34.5 Å². The maximum atomic E-state index is 13.8. The van der Waals surface area contributed by atoms with E-state index in [0.717, 1.165) is 6.07 Å². The number of nitrogens with one attached hydrogen (secondary N) is 1. The van der Waals surface area contributed by atoms with E-state index in [1.54, 1.807) is 6.07 Å². The highest BCUT2D eigenvalue weighted by Crippen LogP contribution is 2.31. The van der Waals surface area contributed by atoms with E-state index in [0.29, 0.717) is 0 Å². The van der Waals surface area contributed by atoms with Crippen molar-refractivity contribution >= 4 is 44.8 Å². The Hall–Kier alpha value is -1.71. The van der Waals surface area contributed by atoms with Crippen LogP contribution in [0, 0.1) is 5.82 Å². The molecule has 6 nitrogen and oxygen atoms in total. The molecule has 0 radical (unpaired) electrons. The third-order valence-electron chi connectivity index (χ3n) is 3.98. The average molecular weight is 433 g/mol. The molecule has 0 aromatic heterocycles. The molecule has 1 N–H and O–H groups in total. The Morgan fingerprint density at radius 1 is 1.11 bits per heavy atom. The van der Waals surface area contributed by atoms with Gasteiger partial charge >= 0.3 is 0 Å². The van der Waals surface area contributed by atoms with Gasteiger partial charge in [0, 0.05) is 13.1 Å². The highest BCUT2D eigenvalue weighted by molar-refractivity contribution is 7.89. The molecule has 1 heterocycles. The number of ether oxygens (including phenoxy) is 1. The van der Waals surface area contributed by atoms with Crippen LogP contribution in [0.15, 0.2) is 41.3 Å². The molecule has 1 amide bonds. The molecule has 0 unspecified atom stereocenters. The number of benzene rings is 2. The molecule has 0 saturated carbocycles. The molecule has 0 atom stereocenters. The lowest BCUT2D eigenvalue weighted by Crippen LogP contribution is -2.40. The van der Waals surface area contributed by atoms with Gasteiger partial charge in [-0.25, -0.2) is 12.8 Å². The van der Waals surface area contributed by atoms with E-state index in [2.05, 4.69) is 5.32 Å². The number of carbonyl (C=O) groups excluding carboxylic acids is 1. The summed E-state index contributed by atoms with van der Waals surface area (Å²) in [6, 6.07) is 7.89. The second-order valence-electron chi connectivity index (χ2n) is 5.71. The lowest BCUT2D eigenvalue weighted by Gasteiger charge is -2.26. The first-order chi connectivity index (χ1) is 12.8. The predicted octanol–water partition coefficient (Wildman–Crippen LogP) is 3.41. The molecule has 2 aromatic rings. The number of morpholine rings is 1. The first-order valence-corrected chi connectivity index (χ1v) is 10.1. The topological polar surface area (TPSA) is 75.7 Å². The summed E-state index contributed by atoms with van der Waals surface area (Å²) in [5.41, 5.74) is -0.178. The van der Waals surface area contributed by atoms with E-state index in [1.165, 1.54) is 28.6 Å². The zero-order chi connectivity index (χ0) is 19.6. The molecule has 0 aliphatic carbocycles. The number of sulfonamides is 1. The van der Waals surface area contributed by atoms with Crippen LogP contribution in [0.3, 0.4) is 0 Å². The van der Waals surface area contributed by atoms with Gasteiger partial charge in [-0.15, -0.1) is 0 Å². The van der Waals surface area contributed by atoms with Crippen LogP contribution in [0.2, 0.25) is 10.0 Å². The predicted molar refractivity (Wildman–Crippen MR) is 100 cm³/mol. The van der Waals surface area contributed by atoms with Gasteiger partial charge in [-0.2, -0.15) is 4.31 Å². The minimum Gasteiger partial charge on any atom is -0.379 e. The Labute approximate surface area is 165 Å². The van der Waals surface area contributed by atoms with Crippen molar-refractivity contribution in [3.8, 4) is 0 Å². The second-order valence-corrected chi connectivity index (χ2v) is 8.43. The fraction of sp³-hybridized carbons (Fsp3) is 0.235. The second kappa shape index (κ2) is 8.12. The Bertz CT molecular complexity index is 979. The van der Waals surface area contributed by atoms with Crippen LogP contribution in [0.25, 0.3) is 0 Å². The van der Waals surface area contributed by atoms with Crippen molar-refractivity contribution in [2.45, 2.75) is 4.90 Å². The van der Waals surface area contributed by atoms with E-state index in [4.69, 9.17) is 27.9 Å². The van der Waals surface area contributed by atoms with Crippen molar-refractivity contribution < 1.29 is 22.3 Å². The van der Waals surface area contributed by atoms with Crippen molar-refractivity contribution in [3.63, 3.8) is 0 Å². The third-order valence-corrected chi connectivity index (χ3v) is 6.65. The number of halogens is 3. The zero-order valence-corrected chi connectivity index (χ0v) is 16.2. The molecular formula is C17H15Cl2FN2O4S. The molecule has 1 saturated heterocycles. The largest absolute Gasteiger partial charge is 0.379 e. The summed E-state index contributed by atoms with van der Waals surface area (Å²) in [6.07, 6.45) is 0. The van der Waals surface area contributed by atoms with E-state index < -0.39 is 21.7 Å². The van der Waals surface area contributed by atoms with Gasteiger partial charge in [0.2, 0.25) is 10.0 Å². The lowest BCUT2D eigenvalue weighted by atomic mass is 10.2. The molecule has 0 bridgehead atoms. The molecule has 27 heavy (non-hydrogen) atoms. The molecule has 2 aromatic carbocycles. The van der Waals surface area contributed by atoms with Crippen molar-refractivity contribution in [1.82, 2.24) is 4.31 Å². The fourth-order valence-electron chi connectivity index (χ4n) is 2.58. The maximum absolute atomic E-state index is 13.8. The fourth-order valence-corrected chi connectivity index (χ4v) is 4.82. The number of nitrogens with zero attached hydrogens (tertiary/aromatic N) is 1. The van der Waals surface area contributed by atoms with E-state index in [-0.39, 0.29) is 52.5 Å². The summed E-state index contributed by atoms with van der Waals surface area (Å²) in [5.74, 6) is -1.38. The maximum Gasteiger partial charge on any atom is 0.257 e. The number of hydrogen-bond donors (Lipinski definition) is 1. The number of hydrogen-bond acceptors (Lipinski definition) is 4. The summed E-state index contributed by atoms with van der Waals surface area (Å²) in [4.78, 5) is 12.3. The molecule has 144 valence electrons. The molecule has 1 aliphatic rings. The Kier molecular flexibility index (Phi) is 6.02. The van der Waals surface area contributed by atoms with Gasteiger partial charge in [0.25, 0.3) is 5.91 Å².